The maximum Gasteiger partial charge on any atom is 0.228 e. The Hall–Kier alpha value is -2.47. The number of rotatable bonds is 4. The summed E-state index contributed by atoms with van der Waals surface area (Å²) in [6, 6.07) is 15.9. The van der Waals surface area contributed by atoms with E-state index in [1.165, 1.54) is 4.57 Å². The Labute approximate surface area is 128 Å². The molecule has 3 aromatic rings. The van der Waals surface area contributed by atoms with Crippen LogP contribution in [0.4, 0.5) is 0 Å². The highest BCUT2D eigenvalue weighted by Gasteiger charge is 2.21. The number of hydrogen-bond donors (Lipinski definition) is 0. The molecule has 0 fully saturated rings. The highest BCUT2D eigenvalue weighted by atomic mass is 32.2. The summed E-state index contributed by atoms with van der Waals surface area (Å²) < 4.78 is 25.4. The molecule has 112 valence electrons. The van der Waals surface area contributed by atoms with Crippen LogP contribution in [-0.2, 0) is 16.4 Å². The molecule has 0 unspecified atom stereocenters. The van der Waals surface area contributed by atoms with E-state index in [0.29, 0.717) is 16.6 Å². The van der Waals surface area contributed by atoms with Gasteiger partial charge in [-0.05, 0) is 12.1 Å². The number of ketones is 1. The molecule has 0 aliphatic heterocycles. The van der Waals surface area contributed by atoms with Gasteiger partial charge in [-0.3, -0.25) is 4.79 Å². The molecule has 1 aromatic heterocycles. The van der Waals surface area contributed by atoms with E-state index in [4.69, 9.17) is 0 Å². The lowest BCUT2D eigenvalue weighted by Crippen LogP contribution is -2.15. The van der Waals surface area contributed by atoms with E-state index in [1.807, 2.05) is 6.07 Å². The Kier molecular flexibility index (Phi) is 3.54. The number of imidazole rings is 1. The van der Waals surface area contributed by atoms with Crippen molar-refractivity contribution in [3.63, 3.8) is 0 Å². The standard InChI is InChI=1S/C16H14N2O3S/c1-22(20,21)16-17-13-9-5-6-10-14(13)18(16)11-15(19)12-7-3-2-4-8-12/h2-10H,11H2,1H3. The van der Waals surface area contributed by atoms with E-state index < -0.39 is 9.84 Å². The van der Waals surface area contributed by atoms with Crippen LogP contribution in [0.3, 0.4) is 0 Å². The lowest BCUT2D eigenvalue weighted by atomic mass is 10.1. The molecule has 0 atom stereocenters. The number of Topliss-reactive ketones (excluding diaryl/α,β-unsaturated/α-hetero) is 1. The topological polar surface area (TPSA) is 69.0 Å². The predicted molar refractivity (Wildman–Crippen MR) is 83.6 cm³/mol. The fourth-order valence-electron chi connectivity index (χ4n) is 2.35. The molecule has 3 rings (SSSR count). The third-order valence-electron chi connectivity index (χ3n) is 3.35. The molecule has 22 heavy (non-hydrogen) atoms. The van der Waals surface area contributed by atoms with E-state index in [-0.39, 0.29) is 17.5 Å². The molecule has 0 N–H and O–H groups in total. The molecule has 2 aromatic carbocycles. The summed E-state index contributed by atoms with van der Waals surface area (Å²) in [6.45, 7) is -0.0626. The molecule has 0 bridgehead atoms. The highest BCUT2D eigenvalue weighted by Crippen LogP contribution is 2.20. The van der Waals surface area contributed by atoms with Crippen molar-refractivity contribution in [3.8, 4) is 0 Å². The van der Waals surface area contributed by atoms with Crippen molar-refractivity contribution in [1.82, 2.24) is 9.55 Å². The highest BCUT2D eigenvalue weighted by molar-refractivity contribution is 7.90. The summed E-state index contributed by atoms with van der Waals surface area (Å²) in [5, 5.41) is -0.0852. The molecular weight excluding hydrogens is 300 g/mol. The van der Waals surface area contributed by atoms with Gasteiger partial charge >= 0.3 is 0 Å². The molecule has 0 amide bonds. The second-order valence-corrected chi connectivity index (χ2v) is 6.94. The van der Waals surface area contributed by atoms with E-state index in [9.17, 15) is 13.2 Å². The molecule has 0 spiro atoms. The van der Waals surface area contributed by atoms with Crippen molar-refractivity contribution in [3.05, 3.63) is 60.2 Å². The lowest BCUT2D eigenvalue weighted by molar-refractivity contribution is 0.0970. The quantitative estimate of drug-likeness (QED) is 0.693. The Balaban J connectivity index is 2.12. The predicted octanol–water partition coefficient (Wildman–Crippen LogP) is 2.32. The van der Waals surface area contributed by atoms with Crippen molar-refractivity contribution in [2.24, 2.45) is 0 Å². The van der Waals surface area contributed by atoms with Gasteiger partial charge in [0.2, 0.25) is 15.0 Å². The Morgan fingerprint density at radius 3 is 2.36 bits per heavy atom. The van der Waals surface area contributed by atoms with Gasteiger partial charge in [0.15, 0.2) is 5.78 Å². The van der Waals surface area contributed by atoms with Crippen molar-refractivity contribution in [2.75, 3.05) is 6.26 Å². The Bertz CT molecular complexity index is 944. The minimum atomic E-state index is -3.52. The van der Waals surface area contributed by atoms with Gasteiger partial charge in [-0.15, -0.1) is 0 Å². The maximum atomic E-state index is 12.4. The number of para-hydroxylation sites is 2. The number of benzene rings is 2. The van der Waals surface area contributed by atoms with Gasteiger partial charge in [0.05, 0.1) is 17.6 Å². The Morgan fingerprint density at radius 2 is 1.68 bits per heavy atom. The normalized spacial score (nSPS) is 11.7. The first-order valence-corrected chi connectivity index (χ1v) is 8.59. The van der Waals surface area contributed by atoms with Crippen molar-refractivity contribution in [1.29, 1.82) is 0 Å². The van der Waals surface area contributed by atoms with Crippen LogP contribution in [0.1, 0.15) is 10.4 Å². The van der Waals surface area contributed by atoms with Crippen molar-refractivity contribution >= 4 is 26.7 Å². The summed E-state index contributed by atoms with van der Waals surface area (Å²) in [4.78, 5) is 16.5. The SMILES string of the molecule is CS(=O)(=O)c1nc2ccccc2n1CC(=O)c1ccccc1. The number of nitrogens with zero attached hydrogens (tertiary/aromatic N) is 2. The van der Waals surface area contributed by atoms with Crippen LogP contribution in [0.15, 0.2) is 59.8 Å². The maximum absolute atomic E-state index is 12.4. The number of hydrogen-bond acceptors (Lipinski definition) is 4. The monoisotopic (exact) mass is 314 g/mol. The molecule has 0 aliphatic rings. The minimum Gasteiger partial charge on any atom is -0.307 e. The van der Waals surface area contributed by atoms with Gasteiger partial charge in [-0.1, -0.05) is 42.5 Å². The number of sulfone groups is 1. The second-order valence-electron chi connectivity index (χ2n) is 5.03. The zero-order valence-electron chi connectivity index (χ0n) is 11.9. The molecule has 5 nitrogen and oxygen atoms in total. The molecule has 0 saturated carbocycles. The molecule has 0 aliphatic carbocycles. The summed E-state index contributed by atoms with van der Waals surface area (Å²) in [7, 11) is -3.52. The average molecular weight is 314 g/mol. The van der Waals surface area contributed by atoms with E-state index >= 15 is 0 Å². The van der Waals surface area contributed by atoms with Gasteiger partial charge in [-0.2, -0.15) is 0 Å². The van der Waals surface area contributed by atoms with Crippen molar-refractivity contribution in [2.45, 2.75) is 11.7 Å². The summed E-state index contributed by atoms with van der Waals surface area (Å²) >= 11 is 0. The number of carbonyl (C=O) groups is 1. The summed E-state index contributed by atoms with van der Waals surface area (Å²) in [6.07, 6.45) is 1.09. The zero-order valence-corrected chi connectivity index (χ0v) is 12.7. The zero-order chi connectivity index (χ0) is 15.7. The van der Waals surface area contributed by atoms with Gasteiger partial charge in [-0.25, -0.2) is 13.4 Å². The van der Waals surface area contributed by atoms with Crippen LogP contribution in [0.25, 0.3) is 11.0 Å². The Morgan fingerprint density at radius 1 is 1.05 bits per heavy atom. The first-order chi connectivity index (χ1) is 10.5. The van der Waals surface area contributed by atoms with Crippen LogP contribution < -0.4 is 0 Å². The van der Waals surface area contributed by atoms with Crippen molar-refractivity contribution < 1.29 is 13.2 Å². The molecular formula is C16H14N2O3S. The lowest BCUT2D eigenvalue weighted by Gasteiger charge is -2.07. The van der Waals surface area contributed by atoms with Crippen LogP contribution in [0.5, 0.6) is 0 Å². The van der Waals surface area contributed by atoms with Crippen LogP contribution >= 0.6 is 0 Å². The molecule has 1 heterocycles. The number of carbonyl (C=O) groups excluding carboxylic acids is 1. The first kappa shape index (κ1) is 14.5. The van der Waals surface area contributed by atoms with E-state index in [0.717, 1.165) is 6.26 Å². The van der Waals surface area contributed by atoms with Crippen LogP contribution in [0, 0.1) is 0 Å². The number of fused-ring (bicyclic) bond motifs is 1. The second kappa shape index (κ2) is 5.38. The van der Waals surface area contributed by atoms with Gasteiger partial charge in [0.25, 0.3) is 0 Å². The summed E-state index contributed by atoms with van der Waals surface area (Å²) in [5.74, 6) is -0.159. The largest absolute Gasteiger partial charge is 0.307 e. The fraction of sp³-hybridized carbons (Fsp3) is 0.125. The van der Waals surface area contributed by atoms with Crippen LogP contribution in [0.2, 0.25) is 0 Å². The van der Waals surface area contributed by atoms with Gasteiger partial charge in [0, 0.05) is 11.8 Å². The molecule has 0 saturated heterocycles. The molecule has 0 radical (unpaired) electrons. The smallest absolute Gasteiger partial charge is 0.228 e. The molecule has 6 heteroatoms. The van der Waals surface area contributed by atoms with Crippen LogP contribution in [-0.4, -0.2) is 30.0 Å². The minimum absolute atomic E-state index is 0.0626. The van der Waals surface area contributed by atoms with Gasteiger partial charge in [0.1, 0.15) is 0 Å². The summed E-state index contributed by atoms with van der Waals surface area (Å²) in [5.41, 5.74) is 1.73. The third kappa shape index (κ3) is 2.65. The average Bonchev–Trinajstić information content (AvgIpc) is 2.87. The van der Waals surface area contributed by atoms with E-state index in [2.05, 4.69) is 4.98 Å². The number of aromatic nitrogens is 2. The fourth-order valence-corrected chi connectivity index (χ4v) is 3.18. The third-order valence-corrected chi connectivity index (χ3v) is 4.32. The van der Waals surface area contributed by atoms with E-state index in [1.54, 1.807) is 48.5 Å². The first-order valence-electron chi connectivity index (χ1n) is 6.70. The van der Waals surface area contributed by atoms with Gasteiger partial charge < -0.3 is 4.57 Å².